The van der Waals surface area contributed by atoms with Crippen molar-refractivity contribution in [2.75, 3.05) is 25.5 Å². The number of nitrogens with zero attached hydrogens (tertiary/aromatic N) is 3. The average molecular weight is 337 g/mol. The van der Waals surface area contributed by atoms with Gasteiger partial charge in [0.15, 0.2) is 5.78 Å². The summed E-state index contributed by atoms with van der Waals surface area (Å²) in [5.74, 6) is -0.00707. The molecule has 130 valence electrons. The monoisotopic (exact) mass is 337 g/mol. The molecular formula is C20H23N3O2. The van der Waals surface area contributed by atoms with Crippen molar-refractivity contribution in [1.29, 1.82) is 0 Å². The SMILES string of the molecule is CN(C)c1ccnc(C(=O)N2CCCC2CC(=O)c2ccccc2)c1. The normalized spacial score (nSPS) is 16.7. The molecule has 0 aliphatic carbocycles. The highest BCUT2D eigenvalue weighted by atomic mass is 16.2. The molecule has 1 saturated heterocycles. The number of pyridine rings is 1. The maximum atomic E-state index is 12.9. The largest absolute Gasteiger partial charge is 0.378 e. The molecule has 1 fully saturated rings. The van der Waals surface area contributed by atoms with Crippen molar-refractivity contribution in [3.63, 3.8) is 0 Å². The second kappa shape index (κ2) is 7.47. The topological polar surface area (TPSA) is 53.5 Å². The van der Waals surface area contributed by atoms with E-state index in [0.29, 0.717) is 24.2 Å². The number of hydrogen-bond acceptors (Lipinski definition) is 4. The van der Waals surface area contributed by atoms with Gasteiger partial charge >= 0.3 is 0 Å². The lowest BCUT2D eigenvalue weighted by Crippen LogP contribution is -2.37. The first kappa shape index (κ1) is 17.1. The van der Waals surface area contributed by atoms with Crippen molar-refractivity contribution in [2.24, 2.45) is 0 Å². The number of hydrogen-bond donors (Lipinski definition) is 0. The zero-order valence-electron chi connectivity index (χ0n) is 14.7. The van der Waals surface area contributed by atoms with Crippen LogP contribution < -0.4 is 4.90 Å². The maximum Gasteiger partial charge on any atom is 0.272 e. The number of likely N-dealkylation sites (tertiary alicyclic amines) is 1. The zero-order chi connectivity index (χ0) is 17.8. The van der Waals surface area contributed by atoms with Gasteiger partial charge in [-0.05, 0) is 25.0 Å². The molecule has 3 rings (SSSR count). The molecule has 2 heterocycles. The molecule has 1 aromatic heterocycles. The molecule has 1 amide bonds. The van der Waals surface area contributed by atoms with Crippen molar-refractivity contribution in [3.8, 4) is 0 Å². The van der Waals surface area contributed by atoms with Crippen LogP contribution in [0.2, 0.25) is 0 Å². The third-order valence-electron chi connectivity index (χ3n) is 4.63. The van der Waals surface area contributed by atoms with Crippen molar-refractivity contribution < 1.29 is 9.59 Å². The van der Waals surface area contributed by atoms with Gasteiger partial charge in [-0.25, -0.2) is 0 Å². The highest BCUT2D eigenvalue weighted by Crippen LogP contribution is 2.24. The number of carbonyl (C=O) groups excluding carboxylic acids is 2. The molecule has 1 aromatic carbocycles. The second-order valence-electron chi connectivity index (χ2n) is 6.58. The third-order valence-corrected chi connectivity index (χ3v) is 4.63. The number of Topliss-reactive ketones (excluding diaryl/α,β-unsaturated/α-hetero) is 1. The van der Waals surface area contributed by atoms with Gasteiger partial charge in [0.25, 0.3) is 5.91 Å². The Morgan fingerprint density at radius 3 is 2.68 bits per heavy atom. The Bertz CT molecular complexity index is 759. The summed E-state index contributed by atoms with van der Waals surface area (Å²) < 4.78 is 0. The molecular weight excluding hydrogens is 314 g/mol. The Balaban J connectivity index is 1.74. The van der Waals surface area contributed by atoms with Gasteiger partial charge in [0, 0.05) is 50.6 Å². The van der Waals surface area contributed by atoms with Crippen molar-refractivity contribution in [3.05, 3.63) is 59.9 Å². The number of benzene rings is 1. The number of rotatable bonds is 5. The van der Waals surface area contributed by atoms with E-state index in [-0.39, 0.29) is 17.7 Å². The fraction of sp³-hybridized carbons (Fsp3) is 0.350. The van der Waals surface area contributed by atoms with Gasteiger partial charge in [-0.15, -0.1) is 0 Å². The smallest absolute Gasteiger partial charge is 0.272 e. The Morgan fingerprint density at radius 1 is 1.20 bits per heavy atom. The van der Waals surface area contributed by atoms with Crippen molar-refractivity contribution >= 4 is 17.4 Å². The Hall–Kier alpha value is -2.69. The molecule has 1 unspecified atom stereocenters. The van der Waals surface area contributed by atoms with Gasteiger partial charge < -0.3 is 9.80 Å². The number of anilines is 1. The van der Waals surface area contributed by atoms with Gasteiger partial charge in [0.2, 0.25) is 0 Å². The first-order valence-corrected chi connectivity index (χ1v) is 8.59. The Labute approximate surface area is 148 Å². The van der Waals surface area contributed by atoms with E-state index < -0.39 is 0 Å². The first-order chi connectivity index (χ1) is 12.1. The molecule has 0 N–H and O–H groups in total. The van der Waals surface area contributed by atoms with Crippen LogP contribution in [-0.4, -0.2) is 48.3 Å². The molecule has 2 aromatic rings. The highest BCUT2D eigenvalue weighted by Gasteiger charge is 2.31. The molecule has 1 aliphatic rings. The molecule has 5 heteroatoms. The molecule has 0 saturated carbocycles. The fourth-order valence-corrected chi connectivity index (χ4v) is 3.23. The molecule has 1 atom stereocenters. The van der Waals surface area contributed by atoms with Gasteiger partial charge in [-0.3, -0.25) is 14.6 Å². The predicted molar refractivity (Wildman–Crippen MR) is 98.0 cm³/mol. The Kier molecular flexibility index (Phi) is 5.12. The number of ketones is 1. The van der Waals surface area contributed by atoms with Gasteiger partial charge in [0.05, 0.1) is 0 Å². The van der Waals surface area contributed by atoms with E-state index in [0.717, 1.165) is 18.5 Å². The van der Waals surface area contributed by atoms with E-state index in [1.54, 1.807) is 12.3 Å². The summed E-state index contributed by atoms with van der Waals surface area (Å²) in [5.41, 5.74) is 2.08. The lowest BCUT2D eigenvalue weighted by molar-refractivity contribution is 0.0711. The minimum Gasteiger partial charge on any atom is -0.378 e. The predicted octanol–water partition coefficient (Wildman–Crippen LogP) is 3.03. The lowest BCUT2D eigenvalue weighted by atomic mass is 10.0. The summed E-state index contributed by atoms with van der Waals surface area (Å²) in [6.45, 7) is 0.680. The average Bonchev–Trinajstić information content (AvgIpc) is 3.10. The third kappa shape index (κ3) is 3.87. The summed E-state index contributed by atoms with van der Waals surface area (Å²) in [6.07, 6.45) is 3.80. The Morgan fingerprint density at radius 2 is 1.96 bits per heavy atom. The summed E-state index contributed by atoms with van der Waals surface area (Å²) in [5, 5.41) is 0. The fourth-order valence-electron chi connectivity index (χ4n) is 3.23. The van der Waals surface area contributed by atoms with Crippen LogP contribution in [0.4, 0.5) is 5.69 Å². The van der Waals surface area contributed by atoms with Gasteiger partial charge in [0.1, 0.15) is 5.69 Å². The molecule has 1 aliphatic heterocycles. The quantitative estimate of drug-likeness (QED) is 0.787. The minimum atomic E-state index is -0.0907. The highest BCUT2D eigenvalue weighted by molar-refractivity contribution is 5.98. The zero-order valence-corrected chi connectivity index (χ0v) is 14.7. The summed E-state index contributed by atoms with van der Waals surface area (Å²) in [6, 6.07) is 12.9. The van der Waals surface area contributed by atoms with E-state index in [1.807, 2.05) is 60.3 Å². The maximum absolute atomic E-state index is 12.9. The van der Waals surface area contributed by atoms with Crippen molar-refractivity contribution in [2.45, 2.75) is 25.3 Å². The molecule has 0 spiro atoms. The van der Waals surface area contributed by atoms with Crippen molar-refractivity contribution in [1.82, 2.24) is 9.88 Å². The second-order valence-corrected chi connectivity index (χ2v) is 6.58. The van der Waals surface area contributed by atoms with Gasteiger partial charge in [-0.1, -0.05) is 30.3 Å². The first-order valence-electron chi connectivity index (χ1n) is 8.59. The molecule has 0 bridgehead atoms. The van der Waals surface area contributed by atoms with Crippen LogP contribution in [0.5, 0.6) is 0 Å². The standard InChI is InChI=1S/C20H23N3O2/c1-22(2)16-10-11-21-18(13-16)20(25)23-12-6-9-17(23)14-19(24)15-7-4-3-5-8-15/h3-5,7-8,10-11,13,17H,6,9,12,14H2,1-2H3. The van der Waals surface area contributed by atoms with Crippen LogP contribution in [-0.2, 0) is 0 Å². The van der Waals surface area contributed by atoms with E-state index in [4.69, 9.17) is 0 Å². The van der Waals surface area contributed by atoms with E-state index in [9.17, 15) is 9.59 Å². The lowest BCUT2D eigenvalue weighted by Gasteiger charge is -2.24. The van der Waals surface area contributed by atoms with Crippen LogP contribution in [0.3, 0.4) is 0 Å². The molecule has 0 radical (unpaired) electrons. The van der Waals surface area contributed by atoms with E-state index >= 15 is 0 Å². The number of amides is 1. The summed E-state index contributed by atoms with van der Waals surface area (Å²) in [7, 11) is 3.86. The van der Waals surface area contributed by atoms with Crippen LogP contribution in [0.15, 0.2) is 48.7 Å². The molecule has 5 nitrogen and oxygen atoms in total. The van der Waals surface area contributed by atoms with E-state index in [1.165, 1.54) is 0 Å². The number of carbonyl (C=O) groups is 2. The minimum absolute atomic E-state index is 0.0509. The van der Waals surface area contributed by atoms with Gasteiger partial charge in [-0.2, -0.15) is 0 Å². The summed E-state index contributed by atoms with van der Waals surface area (Å²) in [4.78, 5) is 33.4. The van der Waals surface area contributed by atoms with Crippen LogP contribution >= 0.6 is 0 Å². The summed E-state index contributed by atoms with van der Waals surface area (Å²) >= 11 is 0. The number of aromatic nitrogens is 1. The van der Waals surface area contributed by atoms with Crippen LogP contribution in [0.1, 0.15) is 40.1 Å². The van der Waals surface area contributed by atoms with Crippen LogP contribution in [0.25, 0.3) is 0 Å². The van der Waals surface area contributed by atoms with Crippen LogP contribution in [0, 0.1) is 0 Å². The van der Waals surface area contributed by atoms with E-state index in [2.05, 4.69) is 4.98 Å². The molecule has 25 heavy (non-hydrogen) atoms.